The fourth-order valence-corrected chi connectivity index (χ4v) is 11.2. The predicted molar refractivity (Wildman–Crippen MR) is 183 cm³/mol. The van der Waals surface area contributed by atoms with Crippen LogP contribution >= 0.6 is 0 Å². The van der Waals surface area contributed by atoms with Crippen molar-refractivity contribution in [2.75, 3.05) is 13.7 Å². The van der Waals surface area contributed by atoms with Crippen molar-refractivity contribution in [3.8, 4) is 17.3 Å². The largest absolute Gasteiger partial charge is 0.407 e. The highest BCUT2D eigenvalue weighted by atomic mass is 28.4. The average molecular weight is 602 g/mol. The number of rotatable bonds is 10. The number of nitrogens with one attached hydrogen (secondary N) is 1. The highest BCUT2D eigenvalue weighted by Crippen LogP contribution is 2.41. The van der Waals surface area contributed by atoms with E-state index in [0.717, 1.165) is 39.8 Å². The molecule has 0 aliphatic rings. The standard InChI is InChI=1S/C38H43N3O2Si/c1-27(42-7)35-31(19-14-22-40-35)36-33(32-23-28(25-39)20-21-34(32)41-36)24-38(5,6)26-43-44(37(2,3)4,29-15-10-8-11-16-29)30-17-12-9-13-18-30/h8-23,27,41H,24,26H2,1-7H3/t27-/m0/s1. The summed E-state index contributed by atoms with van der Waals surface area (Å²) >= 11 is 0. The normalized spacial score (nSPS) is 13.1. The van der Waals surface area contributed by atoms with Gasteiger partial charge in [0.2, 0.25) is 0 Å². The van der Waals surface area contributed by atoms with Gasteiger partial charge in [0.05, 0.1) is 29.1 Å². The summed E-state index contributed by atoms with van der Waals surface area (Å²) in [6.45, 7) is 14.1. The summed E-state index contributed by atoms with van der Waals surface area (Å²) in [5, 5.41) is 13.2. The van der Waals surface area contributed by atoms with Gasteiger partial charge in [-0.05, 0) is 70.1 Å². The smallest absolute Gasteiger partial charge is 0.261 e. The lowest BCUT2D eigenvalue weighted by atomic mass is 9.84. The van der Waals surface area contributed by atoms with E-state index in [2.05, 4.69) is 112 Å². The van der Waals surface area contributed by atoms with E-state index in [1.807, 2.05) is 37.4 Å². The molecule has 0 fully saturated rings. The number of aromatic nitrogens is 2. The number of pyridine rings is 1. The van der Waals surface area contributed by atoms with Gasteiger partial charge in [0, 0.05) is 36.4 Å². The Bertz CT molecular complexity index is 1730. The first kappa shape index (κ1) is 31.4. The van der Waals surface area contributed by atoms with Crippen LogP contribution in [0.5, 0.6) is 0 Å². The molecule has 5 nitrogen and oxygen atoms in total. The van der Waals surface area contributed by atoms with Gasteiger partial charge in [0.15, 0.2) is 0 Å². The number of nitrogens with zero attached hydrogens (tertiary/aromatic N) is 2. The fraction of sp³-hybridized carbons (Fsp3) is 0.316. The van der Waals surface area contributed by atoms with Gasteiger partial charge in [-0.15, -0.1) is 0 Å². The van der Waals surface area contributed by atoms with Crippen molar-refractivity contribution < 1.29 is 9.16 Å². The summed E-state index contributed by atoms with van der Waals surface area (Å²) in [7, 11) is -1.00. The molecule has 0 aliphatic carbocycles. The fourth-order valence-electron chi connectivity index (χ4n) is 6.39. The molecule has 0 unspecified atom stereocenters. The molecule has 0 saturated heterocycles. The second-order valence-electron chi connectivity index (χ2n) is 13.5. The third kappa shape index (κ3) is 6.01. The van der Waals surface area contributed by atoms with Gasteiger partial charge in [-0.25, -0.2) is 0 Å². The molecule has 6 heteroatoms. The third-order valence-electron chi connectivity index (χ3n) is 8.63. The highest BCUT2D eigenvalue weighted by molar-refractivity contribution is 6.99. The molecule has 3 aromatic carbocycles. The number of ether oxygens (including phenoxy) is 1. The predicted octanol–water partition coefficient (Wildman–Crippen LogP) is 7.95. The van der Waals surface area contributed by atoms with E-state index in [0.29, 0.717) is 12.2 Å². The van der Waals surface area contributed by atoms with Crippen LogP contribution in [0.1, 0.15) is 64.5 Å². The maximum atomic E-state index is 9.76. The summed E-state index contributed by atoms with van der Waals surface area (Å²) in [5.41, 5.74) is 5.46. The molecule has 2 heterocycles. The van der Waals surface area contributed by atoms with E-state index in [-0.39, 0.29) is 16.6 Å². The Labute approximate surface area is 263 Å². The lowest BCUT2D eigenvalue weighted by molar-refractivity contribution is 0.116. The molecule has 5 rings (SSSR count). The molecule has 226 valence electrons. The number of aromatic amines is 1. The Morgan fingerprint density at radius 2 is 1.52 bits per heavy atom. The number of fused-ring (bicyclic) bond motifs is 1. The molecular weight excluding hydrogens is 559 g/mol. The van der Waals surface area contributed by atoms with Gasteiger partial charge in [-0.1, -0.05) is 95.3 Å². The molecule has 0 aliphatic heterocycles. The molecule has 0 bridgehead atoms. The molecule has 2 aromatic heterocycles. The van der Waals surface area contributed by atoms with E-state index < -0.39 is 8.32 Å². The molecule has 0 amide bonds. The van der Waals surface area contributed by atoms with Gasteiger partial charge in [-0.3, -0.25) is 4.98 Å². The van der Waals surface area contributed by atoms with Crippen LogP contribution in [0.4, 0.5) is 0 Å². The minimum absolute atomic E-state index is 0.111. The molecule has 1 N–H and O–H groups in total. The van der Waals surface area contributed by atoms with Crippen molar-refractivity contribution in [3.05, 3.63) is 114 Å². The molecule has 0 spiro atoms. The Hall–Kier alpha value is -4.02. The lowest BCUT2D eigenvalue weighted by Gasteiger charge is -2.44. The van der Waals surface area contributed by atoms with E-state index in [4.69, 9.17) is 14.1 Å². The van der Waals surface area contributed by atoms with Crippen molar-refractivity contribution in [2.24, 2.45) is 5.41 Å². The van der Waals surface area contributed by atoms with Crippen LogP contribution < -0.4 is 10.4 Å². The van der Waals surface area contributed by atoms with Crippen LogP contribution in [-0.4, -0.2) is 32.0 Å². The number of methoxy groups -OCH3 is 1. The van der Waals surface area contributed by atoms with E-state index >= 15 is 0 Å². The van der Waals surface area contributed by atoms with Crippen LogP contribution in [0.15, 0.2) is 97.2 Å². The number of benzene rings is 3. The zero-order chi connectivity index (χ0) is 31.5. The summed E-state index contributed by atoms with van der Waals surface area (Å²) in [6, 6.07) is 33.8. The van der Waals surface area contributed by atoms with Gasteiger partial charge in [0.1, 0.15) is 0 Å². The van der Waals surface area contributed by atoms with Crippen LogP contribution in [0, 0.1) is 16.7 Å². The Morgan fingerprint density at radius 3 is 2.09 bits per heavy atom. The highest BCUT2D eigenvalue weighted by Gasteiger charge is 2.50. The molecule has 1 atom stereocenters. The summed E-state index contributed by atoms with van der Waals surface area (Å²) in [6.07, 6.45) is 2.38. The average Bonchev–Trinajstić information content (AvgIpc) is 3.37. The second kappa shape index (κ2) is 12.5. The zero-order valence-electron chi connectivity index (χ0n) is 26.9. The van der Waals surface area contributed by atoms with Crippen LogP contribution in [0.3, 0.4) is 0 Å². The zero-order valence-corrected chi connectivity index (χ0v) is 27.9. The van der Waals surface area contributed by atoms with E-state index in [1.165, 1.54) is 10.4 Å². The van der Waals surface area contributed by atoms with Crippen molar-refractivity contribution >= 4 is 29.6 Å². The monoisotopic (exact) mass is 601 g/mol. The van der Waals surface area contributed by atoms with Gasteiger partial charge in [-0.2, -0.15) is 5.26 Å². The van der Waals surface area contributed by atoms with Gasteiger partial charge in [0.25, 0.3) is 8.32 Å². The first-order chi connectivity index (χ1) is 21.0. The summed E-state index contributed by atoms with van der Waals surface area (Å²) < 4.78 is 13.1. The first-order valence-electron chi connectivity index (χ1n) is 15.3. The van der Waals surface area contributed by atoms with E-state index in [1.54, 1.807) is 7.11 Å². The summed E-state index contributed by atoms with van der Waals surface area (Å²) in [4.78, 5) is 8.40. The van der Waals surface area contributed by atoms with Crippen LogP contribution in [0.25, 0.3) is 22.2 Å². The molecular formula is C38H43N3O2Si. The molecule has 0 saturated carbocycles. The van der Waals surface area contributed by atoms with Gasteiger partial charge >= 0.3 is 0 Å². The van der Waals surface area contributed by atoms with Crippen molar-refractivity contribution in [1.82, 2.24) is 9.97 Å². The second-order valence-corrected chi connectivity index (χ2v) is 17.8. The van der Waals surface area contributed by atoms with Gasteiger partial charge < -0.3 is 14.1 Å². The number of hydrogen-bond acceptors (Lipinski definition) is 4. The molecule has 0 radical (unpaired) electrons. The topological polar surface area (TPSA) is 70.9 Å². The Balaban J connectivity index is 1.61. The maximum Gasteiger partial charge on any atom is 0.261 e. The SMILES string of the molecule is CO[C@@H](C)c1ncccc1-c1[nH]c2ccc(C#N)cc2c1CC(C)(C)CO[Si](c1ccccc1)(c1ccccc1)C(C)(C)C. The maximum absolute atomic E-state index is 9.76. The van der Waals surface area contributed by atoms with Crippen LogP contribution in [-0.2, 0) is 15.6 Å². The van der Waals surface area contributed by atoms with Crippen molar-refractivity contribution in [2.45, 2.75) is 59.1 Å². The lowest BCUT2D eigenvalue weighted by Crippen LogP contribution is -2.67. The van der Waals surface area contributed by atoms with Crippen LogP contribution in [0.2, 0.25) is 5.04 Å². The first-order valence-corrected chi connectivity index (χ1v) is 17.2. The molecule has 44 heavy (non-hydrogen) atoms. The Kier molecular flexibility index (Phi) is 8.94. The minimum atomic E-state index is -2.71. The minimum Gasteiger partial charge on any atom is -0.407 e. The molecule has 5 aromatic rings. The number of nitriles is 1. The third-order valence-corrected chi connectivity index (χ3v) is 13.6. The number of H-pyrrole nitrogens is 1. The summed E-state index contributed by atoms with van der Waals surface area (Å²) in [5.74, 6) is 0. The van der Waals surface area contributed by atoms with Crippen molar-refractivity contribution in [1.29, 1.82) is 5.26 Å². The van der Waals surface area contributed by atoms with E-state index in [9.17, 15) is 5.26 Å². The quantitative estimate of drug-likeness (QED) is 0.165. The number of hydrogen-bond donors (Lipinski definition) is 1. The van der Waals surface area contributed by atoms with Crippen molar-refractivity contribution in [3.63, 3.8) is 0 Å². The Morgan fingerprint density at radius 1 is 0.886 bits per heavy atom.